The number of halogens is 1. The number of likely N-dealkylation sites (tertiary alicyclic amines) is 1. The van der Waals surface area contributed by atoms with Crippen LogP contribution in [0.1, 0.15) is 40.5 Å². The lowest BCUT2D eigenvalue weighted by Crippen LogP contribution is -2.58. The maximum Gasteiger partial charge on any atom is 0.409 e. The van der Waals surface area contributed by atoms with Crippen molar-refractivity contribution in [2.24, 2.45) is 28.7 Å². The second kappa shape index (κ2) is 12.4. The van der Waals surface area contributed by atoms with E-state index in [4.69, 9.17) is 15.9 Å². The Morgan fingerprint density at radius 2 is 2.16 bits per heavy atom. The van der Waals surface area contributed by atoms with E-state index in [0.717, 1.165) is 6.42 Å². The fourth-order valence-corrected chi connectivity index (χ4v) is 5.99. The molecule has 3 aliphatic rings. The fraction of sp³-hybridized carbons (Fsp3) is 0.500. The molecule has 1 N–H and O–H groups in total. The van der Waals surface area contributed by atoms with E-state index in [1.807, 2.05) is 38.0 Å². The Morgan fingerprint density at radius 1 is 1.42 bits per heavy atom. The molecule has 6 atom stereocenters. The third kappa shape index (κ3) is 5.99. The van der Waals surface area contributed by atoms with Crippen molar-refractivity contribution in [3.63, 3.8) is 0 Å². The predicted octanol–water partition coefficient (Wildman–Crippen LogP) is 4.91. The summed E-state index contributed by atoms with van der Waals surface area (Å²) in [4.78, 5) is 31.3. The van der Waals surface area contributed by atoms with Crippen molar-refractivity contribution in [3.8, 4) is 12.3 Å². The van der Waals surface area contributed by atoms with Gasteiger partial charge in [0, 0.05) is 25.2 Å². The normalized spacial score (nSPS) is 32.1. The van der Waals surface area contributed by atoms with Crippen LogP contribution in [-0.4, -0.2) is 59.7 Å². The maximum absolute atomic E-state index is 13.6. The number of hydrogen-bond donors (Lipinski definition) is 1. The van der Waals surface area contributed by atoms with Gasteiger partial charge in [-0.25, -0.2) is 9.59 Å². The molecule has 1 aliphatic carbocycles. The molecule has 2 saturated heterocycles. The highest BCUT2D eigenvalue weighted by atomic mass is 19.1. The van der Waals surface area contributed by atoms with Crippen LogP contribution in [0, 0.1) is 36.0 Å². The van der Waals surface area contributed by atoms with Gasteiger partial charge in [0.15, 0.2) is 11.4 Å². The van der Waals surface area contributed by atoms with E-state index < -0.39 is 29.4 Å². The number of aliphatic imine (C=N–C) groups is 1. The zero-order valence-corrected chi connectivity index (χ0v) is 22.5. The number of esters is 1. The third-order valence-electron chi connectivity index (χ3n) is 7.76. The van der Waals surface area contributed by atoms with Crippen LogP contribution in [0.15, 0.2) is 64.6 Å². The summed E-state index contributed by atoms with van der Waals surface area (Å²) in [6.07, 6.45) is 15.4. The lowest BCUT2D eigenvalue weighted by molar-refractivity contribution is -0.162. The molecule has 3 rings (SSSR count). The number of nitrogens with zero attached hydrogens (tertiary/aromatic N) is 2. The van der Waals surface area contributed by atoms with E-state index in [1.165, 1.54) is 12.3 Å². The first-order chi connectivity index (χ1) is 18.1. The molecule has 1 amide bonds. The van der Waals surface area contributed by atoms with Gasteiger partial charge in [0.2, 0.25) is 0 Å². The van der Waals surface area contributed by atoms with E-state index in [1.54, 1.807) is 24.8 Å². The van der Waals surface area contributed by atoms with Crippen molar-refractivity contribution in [2.45, 2.75) is 52.2 Å². The number of allylic oxidation sites excluding steroid dienone is 8. The Hall–Kier alpha value is -3.44. The lowest BCUT2D eigenvalue weighted by atomic mass is 9.57. The highest BCUT2D eigenvalue weighted by Gasteiger charge is 2.63. The summed E-state index contributed by atoms with van der Waals surface area (Å²) < 4.78 is 24.2. The molecule has 7 nitrogen and oxygen atoms in total. The van der Waals surface area contributed by atoms with Crippen LogP contribution >= 0.6 is 0 Å². The molecular formula is C30H37FN2O5. The summed E-state index contributed by atoms with van der Waals surface area (Å²) in [5.74, 6) is 0.112. The number of carbonyl (C=O) groups excluding carboxylic acids is 2. The van der Waals surface area contributed by atoms with Gasteiger partial charge in [0.05, 0.1) is 12.3 Å². The first-order valence-electron chi connectivity index (χ1n) is 13.0. The van der Waals surface area contributed by atoms with Crippen molar-refractivity contribution in [1.82, 2.24) is 4.90 Å². The molecule has 0 aromatic carbocycles. The van der Waals surface area contributed by atoms with Crippen molar-refractivity contribution in [1.29, 1.82) is 0 Å². The van der Waals surface area contributed by atoms with Gasteiger partial charge in [-0.05, 0) is 87.5 Å². The third-order valence-corrected chi connectivity index (χ3v) is 7.76. The maximum atomic E-state index is 13.6. The smallest absolute Gasteiger partial charge is 0.409 e. The number of piperidine rings is 1. The van der Waals surface area contributed by atoms with Crippen molar-refractivity contribution in [2.75, 3.05) is 19.7 Å². The molecule has 3 fully saturated rings. The Balaban J connectivity index is 1.85. The van der Waals surface area contributed by atoms with Gasteiger partial charge >= 0.3 is 12.1 Å². The van der Waals surface area contributed by atoms with Crippen LogP contribution in [-0.2, 0) is 14.3 Å². The van der Waals surface area contributed by atoms with Crippen molar-refractivity contribution in [3.05, 3.63) is 59.6 Å². The minimum atomic E-state index is -1.62. The Kier molecular flexibility index (Phi) is 9.50. The number of aliphatic hydroxyl groups is 1. The van der Waals surface area contributed by atoms with Gasteiger partial charge in [-0.3, -0.25) is 4.99 Å². The molecule has 1 saturated carbocycles. The van der Waals surface area contributed by atoms with Crippen LogP contribution < -0.4 is 0 Å². The number of fused-ring (bicyclic) bond motifs is 2. The number of cyclic esters (lactones) is 1. The summed E-state index contributed by atoms with van der Waals surface area (Å²) in [5, 5.41) is 11.5. The summed E-state index contributed by atoms with van der Waals surface area (Å²) in [6.45, 7) is 12.4. The molecule has 2 aliphatic heterocycles. The second-order valence-corrected chi connectivity index (χ2v) is 9.94. The van der Waals surface area contributed by atoms with Gasteiger partial charge in [0.1, 0.15) is 6.10 Å². The van der Waals surface area contributed by atoms with Crippen molar-refractivity contribution < 1.29 is 28.6 Å². The molecule has 0 aromatic rings. The molecule has 0 spiro atoms. The van der Waals surface area contributed by atoms with E-state index in [9.17, 15) is 19.1 Å². The number of ether oxygens (including phenoxy) is 2. The average Bonchev–Trinajstić information content (AvgIpc) is 3.13. The minimum Gasteiger partial charge on any atom is -0.460 e. The number of carbonyl (C=O) groups is 2. The van der Waals surface area contributed by atoms with Gasteiger partial charge in [-0.15, -0.1) is 6.42 Å². The standard InChI is InChI=1S/C30H37FN2O5/c1-7-21(15-23(31)8-2)19(5)17-32-24(9-3)11-12-26-25-13-14-33(29(35)37-10-4)18-22(25)16-30(36)27(26)20(6)38-28(30)34/h2,7,9,11-12,15,17,20,22,25-27,36H,5,10,13-14,16,18H2,1,3-4,6H3/b12-11+,21-7+,23-15+,24-9-,32-17-/t20-,22-,25?,26+,27+,30+/m1/s1. The van der Waals surface area contributed by atoms with Crippen LogP contribution in [0.4, 0.5) is 9.18 Å². The molecule has 0 aromatic heterocycles. The predicted molar refractivity (Wildman–Crippen MR) is 145 cm³/mol. The Labute approximate surface area is 224 Å². The zero-order chi connectivity index (χ0) is 28.0. The van der Waals surface area contributed by atoms with E-state index in [-0.39, 0.29) is 36.9 Å². The summed E-state index contributed by atoms with van der Waals surface area (Å²) in [7, 11) is 0. The summed E-state index contributed by atoms with van der Waals surface area (Å²) >= 11 is 0. The SMILES string of the molecule is C#C/C(F)=C\C(=C/C)C(=C)\C=N/C(=C\C)/C=C/[C@H]1C2CCN(C(=O)OCC)C[C@H]2C[C@@]2(O)C(=O)O[C@H](C)[C@@H]12. The zero-order valence-electron chi connectivity index (χ0n) is 22.5. The van der Waals surface area contributed by atoms with E-state index in [0.29, 0.717) is 29.9 Å². The molecular weight excluding hydrogens is 487 g/mol. The van der Waals surface area contributed by atoms with Gasteiger partial charge < -0.3 is 19.5 Å². The van der Waals surface area contributed by atoms with E-state index >= 15 is 0 Å². The van der Waals surface area contributed by atoms with Crippen molar-refractivity contribution >= 4 is 18.3 Å². The molecule has 0 bridgehead atoms. The lowest BCUT2D eigenvalue weighted by Gasteiger charge is -2.50. The monoisotopic (exact) mass is 524 g/mol. The Morgan fingerprint density at radius 3 is 2.79 bits per heavy atom. The first-order valence-corrected chi connectivity index (χ1v) is 13.0. The van der Waals surface area contributed by atoms with Gasteiger partial charge in [-0.2, -0.15) is 4.39 Å². The molecule has 1 unspecified atom stereocenters. The number of hydrogen-bond acceptors (Lipinski definition) is 6. The van der Waals surface area contributed by atoms with Crippen LogP contribution in [0.25, 0.3) is 0 Å². The van der Waals surface area contributed by atoms with Crippen LogP contribution in [0.3, 0.4) is 0 Å². The quantitative estimate of drug-likeness (QED) is 0.221. The fourth-order valence-electron chi connectivity index (χ4n) is 5.99. The molecule has 38 heavy (non-hydrogen) atoms. The molecule has 204 valence electrons. The topological polar surface area (TPSA) is 88.4 Å². The van der Waals surface area contributed by atoms with Crippen LogP contribution in [0.5, 0.6) is 0 Å². The largest absolute Gasteiger partial charge is 0.460 e. The molecule has 0 radical (unpaired) electrons. The molecule has 8 heteroatoms. The average molecular weight is 525 g/mol. The molecule has 2 heterocycles. The summed E-state index contributed by atoms with van der Waals surface area (Å²) in [6, 6.07) is 0. The van der Waals surface area contributed by atoms with Gasteiger partial charge in [0.25, 0.3) is 0 Å². The summed E-state index contributed by atoms with van der Waals surface area (Å²) in [5.41, 5.74) is 0.0328. The highest BCUT2D eigenvalue weighted by Crippen LogP contribution is 2.53. The number of rotatable bonds is 7. The highest BCUT2D eigenvalue weighted by molar-refractivity contribution is 5.86. The second-order valence-electron chi connectivity index (χ2n) is 9.94. The van der Waals surface area contributed by atoms with Gasteiger partial charge in [-0.1, -0.05) is 24.8 Å². The van der Waals surface area contributed by atoms with Crippen LogP contribution in [0.2, 0.25) is 0 Å². The number of amides is 1. The minimum absolute atomic E-state index is 0.0886. The Bertz CT molecular complexity index is 1140. The van der Waals surface area contributed by atoms with E-state index in [2.05, 4.69) is 11.6 Å². The number of terminal acetylenes is 1. The first kappa shape index (κ1) is 29.1.